The lowest BCUT2D eigenvalue weighted by atomic mass is 9.82. The second-order valence-corrected chi connectivity index (χ2v) is 4.96. The maximum absolute atomic E-state index is 12.1. The average Bonchev–Trinajstić information content (AvgIpc) is 2.17. The second kappa shape index (κ2) is 4.36. The van der Waals surface area contributed by atoms with E-state index in [-0.39, 0.29) is 11.2 Å². The van der Waals surface area contributed by atoms with Gasteiger partial charge in [-0.05, 0) is 31.0 Å². The van der Waals surface area contributed by atoms with Crippen LogP contribution in [-0.4, -0.2) is 5.78 Å². The van der Waals surface area contributed by atoms with E-state index in [2.05, 4.69) is 0 Å². The number of aryl methyl sites for hydroxylation is 1. The van der Waals surface area contributed by atoms with Crippen molar-refractivity contribution in [2.24, 2.45) is 5.41 Å². The molecule has 0 atom stereocenters. The van der Waals surface area contributed by atoms with E-state index in [1.807, 2.05) is 45.9 Å². The second-order valence-electron chi connectivity index (χ2n) is 4.55. The Morgan fingerprint density at radius 3 is 2.47 bits per heavy atom. The van der Waals surface area contributed by atoms with Crippen LogP contribution in [0.1, 0.15) is 43.1 Å². The summed E-state index contributed by atoms with van der Waals surface area (Å²) in [6.45, 7) is 7.88. The maximum atomic E-state index is 12.1. The number of carbonyl (C=O) groups excluding carboxylic acids is 1. The number of benzene rings is 1. The molecule has 0 amide bonds. The van der Waals surface area contributed by atoms with Gasteiger partial charge < -0.3 is 0 Å². The van der Waals surface area contributed by atoms with Gasteiger partial charge in [-0.3, -0.25) is 4.79 Å². The minimum atomic E-state index is -0.334. The number of Topliss-reactive ketones (excluding diaryl/α,β-unsaturated/α-hetero) is 1. The van der Waals surface area contributed by atoms with Gasteiger partial charge in [0.25, 0.3) is 0 Å². The van der Waals surface area contributed by atoms with Gasteiger partial charge in [-0.25, -0.2) is 0 Å². The van der Waals surface area contributed by atoms with Crippen LogP contribution in [0, 0.1) is 12.3 Å². The standard InChI is InChI=1S/C13H17ClO/c1-5-13(3,4)12(15)10-7-6-9(2)8-11(10)14/h6-8H,5H2,1-4H3. The molecule has 82 valence electrons. The zero-order valence-electron chi connectivity index (χ0n) is 9.73. The van der Waals surface area contributed by atoms with E-state index < -0.39 is 0 Å². The van der Waals surface area contributed by atoms with E-state index in [9.17, 15) is 4.79 Å². The monoisotopic (exact) mass is 224 g/mol. The summed E-state index contributed by atoms with van der Waals surface area (Å²) in [7, 11) is 0. The topological polar surface area (TPSA) is 17.1 Å². The highest BCUT2D eigenvalue weighted by Crippen LogP contribution is 2.29. The normalized spacial score (nSPS) is 11.5. The molecule has 0 aliphatic heterocycles. The minimum Gasteiger partial charge on any atom is -0.294 e. The van der Waals surface area contributed by atoms with Gasteiger partial charge in [0.1, 0.15) is 0 Å². The van der Waals surface area contributed by atoms with Crippen molar-refractivity contribution in [2.75, 3.05) is 0 Å². The third-order valence-electron chi connectivity index (χ3n) is 2.87. The lowest BCUT2D eigenvalue weighted by molar-refractivity contribution is 0.0833. The third-order valence-corrected chi connectivity index (χ3v) is 3.18. The molecule has 0 saturated heterocycles. The summed E-state index contributed by atoms with van der Waals surface area (Å²) >= 11 is 6.07. The largest absolute Gasteiger partial charge is 0.294 e. The van der Waals surface area contributed by atoms with E-state index in [1.165, 1.54) is 0 Å². The summed E-state index contributed by atoms with van der Waals surface area (Å²) in [5.41, 5.74) is 1.37. The molecular weight excluding hydrogens is 208 g/mol. The molecular formula is C13H17ClO. The highest BCUT2D eigenvalue weighted by Gasteiger charge is 2.27. The molecule has 1 rings (SSSR count). The fraction of sp³-hybridized carbons (Fsp3) is 0.462. The van der Waals surface area contributed by atoms with Crippen molar-refractivity contribution in [2.45, 2.75) is 34.1 Å². The molecule has 0 radical (unpaired) electrons. The summed E-state index contributed by atoms with van der Waals surface area (Å²) in [6, 6.07) is 5.57. The SMILES string of the molecule is CCC(C)(C)C(=O)c1ccc(C)cc1Cl. The Morgan fingerprint density at radius 2 is 2.00 bits per heavy atom. The number of hydrogen-bond acceptors (Lipinski definition) is 1. The van der Waals surface area contributed by atoms with Crippen LogP contribution >= 0.6 is 11.6 Å². The zero-order valence-corrected chi connectivity index (χ0v) is 10.5. The Bertz CT molecular complexity index is 380. The quantitative estimate of drug-likeness (QED) is 0.701. The van der Waals surface area contributed by atoms with Gasteiger partial charge in [-0.1, -0.05) is 38.4 Å². The number of hydrogen-bond donors (Lipinski definition) is 0. The Labute approximate surface area is 96.5 Å². The van der Waals surface area contributed by atoms with Crippen LogP contribution in [0.3, 0.4) is 0 Å². The minimum absolute atomic E-state index is 0.120. The first-order valence-corrected chi connectivity index (χ1v) is 5.57. The third kappa shape index (κ3) is 2.60. The molecule has 0 aliphatic carbocycles. The van der Waals surface area contributed by atoms with Crippen molar-refractivity contribution in [3.8, 4) is 0 Å². The Morgan fingerprint density at radius 1 is 1.40 bits per heavy atom. The molecule has 0 aliphatic rings. The van der Waals surface area contributed by atoms with E-state index in [0.29, 0.717) is 10.6 Å². The van der Waals surface area contributed by atoms with E-state index in [0.717, 1.165) is 12.0 Å². The first-order valence-electron chi connectivity index (χ1n) is 5.19. The van der Waals surface area contributed by atoms with Gasteiger partial charge in [0, 0.05) is 11.0 Å². The Hall–Kier alpha value is -0.820. The van der Waals surface area contributed by atoms with Crippen LogP contribution in [-0.2, 0) is 0 Å². The number of halogens is 1. The van der Waals surface area contributed by atoms with Gasteiger partial charge in [0.05, 0.1) is 5.02 Å². The molecule has 0 aromatic heterocycles. The first kappa shape index (κ1) is 12.3. The van der Waals surface area contributed by atoms with Crippen molar-refractivity contribution < 1.29 is 4.79 Å². The van der Waals surface area contributed by atoms with Crippen LogP contribution in [0.25, 0.3) is 0 Å². The van der Waals surface area contributed by atoms with Gasteiger partial charge in [0.15, 0.2) is 5.78 Å². The summed E-state index contributed by atoms with van der Waals surface area (Å²) in [5, 5.41) is 0.557. The van der Waals surface area contributed by atoms with Gasteiger partial charge in [0.2, 0.25) is 0 Å². The lowest BCUT2D eigenvalue weighted by Gasteiger charge is -2.21. The smallest absolute Gasteiger partial charge is 0.169 e. The van der Waals surface area contributed by atoms with Crippen molar-refractivity contribution in [1.82, 2.24) is 0 Å². The van der Waals surface area contributed by atoms with Crippen LogP contribution in [0.15, 0.2) is 18.2 Å². The van der Waals surface area contributed by atoms with E-state index in [1.54, 1.807) is 0 Å². The van der Waals surface area contributed by atoms with Crippen molar-refractivity contribution in [3.63, 3.8) is 0 Å². The van der Waals surface area contributed by atoms with Gasteiger partial charge in [-0.15, -0.1) is 0 Å². The molecule has 2 heteroatoms. The van der Waals surface area contributed by atoms with Crippen LogP contribution in [0.5, 0.6) is 0 Å². The highest BCUT2D eigenvalue weighted by molar-refractivity contribution is 6.34. The number of rotatable bonds is 3. The molecule has 0 bridgehead atoms. The molecule has 0 saturated carbocycles. The molecule has 0 N–H and O–H groups in total. The summed E-state index contributed by atoms with van der Waals surface area (Å²) in [6.07, 6.45) is 0.816. The molecule has 1 aromatic rings. The molecule has 0 unspecified atom stereocenters. The predicted molar refractivity (Wildman–Crippen MR) is 64.6 cm³/mol. The lowest BCUT2D eigenvalue weighted by Crippen LogP contribution is -2.23. The average molecular weight is 225 g/mol. The maximum Gasteiger partial charge on any atom is 0.169 e. The van der Waals surface area contributed by atoms with Crippen molar-refractivity contribution >= 4 is 17.4 Å². The van der Waals surface area contributed by atoms with Crippen LogP contribution in [0.4, 0.5) is 0 Å². The summed E-state index contributed by atoms with van der Waals surface area (Å²) in [4.78, 5) is 12.1. The fourth-order valence-corrected chi connectivity index (χ4v) is 1.65. The van der Waals surface area contributed by atoms with E-state index in [4.69, 9.17) is 11.6 Å². The zero-order chi connectivity index (χ0) is 11.6. The Balaban J connectivity index is 3.12. The molecule has 0 fully saturated rings. The van der Waals surface area contributed by atoms with Crippen LogP contribution < -0.4 is 0 Å². The number of carbonyl (C=O) groups is 1. The molecule has 0 spiro atoms. The van der Waals surface area contributed by atoms with E-state index >= 15 is 0 Å². The summed E-state index contributed by atoms with van der Waals surface area (Å²) < 4.78 is 0. The van der Waals surface area contributed by atoms with Gasteiger partial charge in [-0.2, -0.15) is 0 Å². The van der Waals surface area contributed by atoms with Crippen LogP contribution in [0.2, 0.25) is 5.02 Å². The fourth-order valence-electron chi connectivity index (χ4n) is 1.33. The molecule has 0 heterocycles. The Kier molecular flexibility index (Phi) is 3.56. The summed E-state index contributed by atoms with van der Waals surface area (Å²) in [5.74, 6) is 0.120. The number of ketones is 1. The predicted octanol–water partition coefficient (Wildman–Crippen LogP) is 4.27. The molecule has 1 aromatic carbocycles. The van der Waals surface area contributed by atoms with Gasteiger partial charge >= 0.3 is 0 Å². The molecule has 15 heavy (non-hydrogen) atoms. The first-order chi connectivity index (χ1) is 6.88. The molecule has 1 nitrogen and oxygen atoms in total. The van der Waals surface area contributed by atoms with Crippen molar-refractivity contribution in [1.29, 1.82) is 0 Å². The highest BCUT2D eigenvalue weighted by atomic mass is 35.5. The van der Waals surface area contributed by atoms with Crippen molar-refractivity contribution in [3.05, 3.63) is 34.3 Å².